The fourth-order valence-corrected chi connectivity index (χ4v) is 8.68. The van der Waals surface area contributed by atoms with Crippen LogP contribution in [0.25, 0.3) is 21.8 Å². The van der Waals surface area contributed by atoms with Gasteiger partial charge in [-0.05, 0) is 97.5 Å². The Morgan fingerprint density at radius 2 is 1.71 bits per heavy atom. The Balaban J connectivity index is 0.836. The lowest BCUT2D eigenvalue weighted by Crippen LogP contribution is -2.46. The molecule has 13 nitrogen and oxygen atoms in total. The average Bonchev–Trinajstić information content (AvgIpc) is 3.81. The number of hydrogen-bond donors (Lipinski definition) is 4. The van der Waals surface area contributed by atoms with Gasteiger partial charge in [-0.1, -0.05) is 17.9 Å². The molecule has 4 N–H and O–H groups in total. The van der Waals surface area contributed by atoms with E-state index in [9.17, 15) is 23.2 Å². The van der Waals surface area contributed by atoms with Gasteiger partial charge >= 0.3 is 0 Å². The number of hydrogen-bond acceptors (Lipinski definition) is 9. The van der Waals surface area contributed by atoms with Crippen molar-refractivity contribution in [3.8, 4) is 11.8 Å². The number of amides is 3. The van der Waals surface area contributed by atoms with Gasteiger partial charge in [0.1, 0.15) is 11.6 Å². The number of carbonyl (C=O) groups excluding carboxylic acids is 3. The minimum atomic E-state index is -0.628. The maximum atomic E-state index is 14.0. The summed E-state index contributed by atoms with van der Waals surface area (Å²) >= 11 is 0. The summed E-state index contributed by atoms with van der Waals surface area (Å²) in [5.41, 5.74) is 6.80. The molecule has 3 aliphatic rings. The molecular formula is C47H47F2N9O4. The molecule has 3 saturated heterocycles. The van der Waals surface area contributed by atoms with Crippen LogP contribution in [0, 0.1) is 23.5 Å². The summed E-state index contributed by atoms with van der Waals surface area (Å²) in [5.74, 6) is 4.47. The zero-order chi connectivity index (χ0) is 42.7. The van der Waals surface area contributed by atoms with Crippen LogP contribution in [0.3, 0.4) is 0 Å². The minimum absolute atomic E-state index is 0.159. The van der Waals surface area contributed by atoms with E-state index >= 15 is 0 Å². The number of fused-ring (bicyclic) bond motifs is 2. The number of aryl methyl sites for hydroxylation is 1. The number of nitrogens with zero attached hydrogens (tertiary/aromatic N) is 5. The number of aromatic nitrogens is 4. The standard InChI is InChI=1S/C47H47F2N9O4/c1-56-42-26-29(5-8-37(42)44(55-56)38-10-12-43(59)51-47(38)61)4-2-3-15-57-16-18-58(19-17-57)35-7-9-36(41(28-35)50-34-13-20-62-21-14-34)46(60)52-45-39-25-30(6-11-40(39)53-54-45)22-31-23-32(48)27-33(49)24-31/h5-9,11,23-28,34,38,50H,3,10,12-22H2,1H3,(H,51,59,61)(H2,52,53,54,60). The van der Waals surface area contributed by atoms with E-state index in [0.29, 0.717) is 66.9 Å². The van der Waals surface area contributed by atoms with Crippen molar-refractivity contribution in [1.29, 1.82) is 0 Å². The third-order valence-corrected chi connectivity index (χ3v) is 12.0. The van der Waals surface area contributed by atoms with Gasteiger partial charge in [0.25, 0.3) is 5.91 Å². The average molecular weight is 840 g/mol. The minimum Gasteiger partial charge on any atom is -0.381 e. The number of H-pyrrole nitrogens is 1. The van der Waals surface area contributed by atoms with E-state index in [-0.39, 0.29) is 23.8 Å². The predicted octanol–water partition coefficient (Wildman–Crippen LogP) is 6.25. The van der Waals surface area contributed by atoms with Crippen LogP contribution >= 0.6 is 0 Å². The van der Waals surface area contributed by atoms with Crippen LogP contribution < -0.4 is 20.9 Å². The number of anilines is 3. The number of rotatable bonds is 10. The number of imide groups is 1. The van der Waals surface area contributed by atoms with Crippen molar-refractivity contribution >= 4 is 56.7 Å². The molecule has 3 amide bonds. The Morgan fingerprint density at radius 1 is 0.903 bits per heavy atom. The number of benzene rings is 4. The molecule has 3 fully saturated rings. The summed E-state index contributed by atoms with van der Waals surface area (Å²) in [6.45, 7) is 5.55. The van der Waals surface area contributed by atoms with Crippen molar-refractivity contribution in [3.63, 3.8) is 0 Å². The van der Waals surface area contributed by atoms with Gasteiger partial charge in [-0.15, -0.1) is 0 Å². The van der Waals surface area contributed by atoms with E-state index in [0.717, 1.165) is 90.6 Å². The zero-order valence-electron chi connectivity index (χ0n) is 34.4. The van der Waals surface area contributed by atoms with Gasteiger partial charge in [-0.25, -0.2) is 8.78 Å². The van der Waals surface area contributed by atoms with Gasteiger partial charge in [-0.3, -0.25) is 34.4 Å². The summed E-state index contributed by atoms with van der Waals surface area (Å²) in [6.07, 6.45) is 3.45. The van der Waals surface area contributed by atoms with E-state index in [1.54, 1.807) is 4.68 Å². The van der Waals surface area contributed by atoms with Gasteiger partial charge in [0.15, 0.2) is 5.82 Å². The fraction of sp³-hybridized carbons (Fsp3) is 0.340. The van der Waals surface area contributed by atoms with Crippen LogP contribution in [0.5, 0.6) is 0 Å². The molecule has 0 radical (unpaired) electrons. The summed E-state index contributed by atoms with van der Waals surface area (Å²) in [7, 11) is 1.86. The van der Waals surface area contributed by atoms with E-state index in [1.807, 2.05) is 55.6 Å². The Kier molecular flexibility index (Phi) is 11.7. The lowest BCUT2D eigenvalue weighted by atomic mass is 9.92. The van der Waals surface area contributed by atoms with Crippen LogP contribution in [-0.4, -0.2) is 94.6 Å². The maximum absolute atomic E-state index is 14.0. The first kappa shape index (κ1) is 40.8. The van der Waals surface area contributed by atoms with Crippen molar-refractivity contribution in [2.45, 2.75) is 50.5 Å². The molecule has 9 rings (SSSR count). The lowest BCUT2D eigenvalue weighted by molar-refractivity contribution is -0.134. The Labute approximate surface area is 357 Å². The van der Waals surface area contributed by atoms with E-state index in [1.165, 1.54) is 12.1 Å². The summed E-state index contributed by atoms with van der Waals surface area (Å²) in [5, 5.41) is 22.7. The van der Waals surface area contributed by atoms with Gasteiger partial charge in [0.2, 0.25) is 11.8 Å². The zero-order valence-corrected chi connectivity index (χ0v) is 34.4. The lowest BCUT2D eigenvalue weighted by Gasteiger charge is -2.36. The first-order valence-corrected chi connectivity index (χ1v) is 21.1. The quantitative estimate of drug-likeness (QED) is 0.0929. The molecule has 1 unspecified atom stereocenters. The Morgan fingerprint density at radius 3 is 2.50 bits per heavy atom. The second-order valence-electron chi connectivity index (χ2n) is 16.2. The summed E-state index contributed by atoms with van der Waals surface area (Å²) < 4.78 is 35.1. The summed E-state index contributed by atoms with van der Waals surface area (Å²) in [4.78, 5) is 42.9. The molecule has 1 atom stereocenters. The first-order chi connectivity index (χ1) is 30.1. The van der Waals surface area contributed by atoms with Crippen LogP contribution in [0.15, 0.2) is 72.8 Å². The number of piperazine rings is 1. The largest absolute Gasteiger partial charge is 0.381 e. The second kappa shape index (κ2) is 17.8. The topological polar surface area (TPSA) is 150 Å². The highest BCUT2D eigenvalue weighted by atomic mass is 19.1. The molecule has 15 heteroatoms. The number of piperidine rings is 1. The van der Waals surface area contributed by atoms with Crippen LogP contribution in [0.1, 0.15) is 70.8 Å². The van der Waals surface area contributed by atoms with Gasteiger partial charge < -0.3 is 20.3 Å². The molecular weight excluding hydrogens is 793 g/mol. The molecule has 3 aliphatic heterocycles. The third kappa shape index (κ3) is 9.02. The second-order valence-corrected chi connectivity index (χ2v) is 16.2. The Bertz CT molecular complexity index is 2720. The van der Waals surface area contributed by atoms with Crippen molar-refractivity contribution in [3.05, 3.63) is 112 Å². The molecule has 6 aromatic rings. The number of halogens is 2. The normalized spacial score (nSPS) is 17.5. The number of nitrogens with one attached hydrogen (secondary N) is 4. The number of aromatic amines is 1. The third-order valence-electron chi connectivity index (χ3n) is 12.0. The first-order valence-electron chi connectivity index (χ1n) is 21.1. The highest BCUT2D eigenvalue weighted by molar-refractivity contribution is 6.11. The fourth-order valence-electron chi connectivity index (χ4n) is 8.68. The van der Waals surface area contributed by atoms with Crippen molar-refractivity contribution in [1.82, 2.24) is 30.2 Å². The maximum Gasteiger partial charge on any atom is 0.258 e. The van der Waals surface area contributed by atoms with E-state index < -0.39 is 17.6 Å². The van der Waals surface area contributed by atoms with Crippen LogP contribution in [-0.2, 0) is 27.8 Å². The molecule has 318 valence electrons. The molecule has 0 spiro atoms. The molecule has 0 aliphatic carbocycles. The van der Waals surface area contributed by atoms with E-state index in [2.05, 4.69) is 59.0 Å². The van der Waals surface area contributed by atoms with Crippen LogP contribution in [0.2, 0.25) is 0 Å². The molecule has 0 bridgehead atoms. The van der Waals surface area contributed by atoms with Crippen LogP contribution in [0.4, 0.5) is 26.0 Å². The van der Waals surface area contributed by atoms with Gasteiger partial charge in [0, 0.05) is 106 Å². The molecule has 4 aromatic carbocycles. The summed E-state index contributed by atoms with van der Waals surface area (Å²) in [6, 6.07) is 21.1. The van der Waals surface area contributed by atoms with Crippen molar-refractivity contribution in [2.75, 3.05) is 61.5 Å². The molecule has 0 saturated carbocycles. The Hall–Kier alpha value is -6.63. The number of ether oxygens (including phenoxy) is 1. The molecule has 2 aromatic heterocycles. The monoisotopic (exact) mass is 839 g/mol. The van der Waals surface area contributed by atoms with Gasteiger partial charge in [-0.2, -0.15) is 10.2 Å². The number of carbonyl (C=O) groups is 3. The predicted molar refractivity (Wildman–Crippen MR) is 233 cm³/mol. The SMILES string of the molecule is Cn1nc(C2CCC(=O)NC2=O)c2ccc(C#CCCN3CCN(c4ccc(C(=O)Nc5n[nH]c6ccc(Cc7cc(F)cc(F)c7)cc56)c(NC5CCOCC5)c4)CC3)cc21. The van der Waals surface area contributed by atoms with Gasteiger partial charge in [0.05, 0.1) is 28.2 Å². The highest BCUT2D eigenvalue weighted by Crippen LogP contribution is 2.32. The molecule has 62 heavy (non-hydrogen) atoms. The molecule has 5 heterocycles. The highest BCUT2D eigenvalue weighted by Gasteiger charge is 2.31. The van der Waals surface area contributed by atoms with Crippen molar-refractivity contribution in [2.24, 2.45) is 7.05 Å². The van der Waals surface area contributed by atoms with Crippen molar-refractivity contribution < 1.29 is 27.9 Å². The smallest absolute Gasteiger partial charge is 0.258 e. The van der Waals surface area contributed by atoms with E-state index in [4.69, 9.17) is 4.74 Å².